The van der Waals surface area contributed by atoms with Gasteiger partial charge in [0.05, 0.1) is 42.7 Å². The first-order chi connectivity index (χ1) is 25.8. The van der Waals surface area contributed by atoms with Crippen LogP contribution in [0.15, 0.2) is 16.6 Å². The number of methoxy groups -OCH3 is 1. The summed E-state index contributed by atoms with van der Waals surface area (Å²) in [5, 5.41) is 47.6. The zero-order valence-electron chi connectivity index (χ0n) is 30.2. The van der Waals surface area contributed by atoms with Crippen LogP contribution in [0.25, 0.3) is 0 Å². The Morgan fingerprint density at radius 3 is 1.76 bits per heavy atom. The van der Waals surface area contributed by atoms with E-state index >= 15 is 0 Å². The van der Waals surface area contributed by atoms with Gasteiger partial charge in [0.1, 0.15) is 48.1 Å². The molecule has 0 aromatic carbocycles. The molecule has 5 amide bonds. The van der Waals surface area contributed by atoms with E-state index in [9.17, 15) is 44.1 Å². The van der Waals surface area contributed by atoms with Gasteiger partial charge in [-0.1, -0.05) is 0 Å². The molecule has 0 aliphatic carbocycles. The number of allylic oxidation sites excluding steroid dienone is 2. The Bertz CT molecular complexity index is 1340. The monoisotopic (exact) mass is 776 g/mol. The van der Waals surface area contributed by atoms with Gasteiger partial charge >= 0.3 is 0 Å². The van der Waals surface area contributed by atoms with Gasteiger partial charge in [0, 0.05) is 14.0 Å². The van der Waals surface area contributed by atoms with Gasteiger partial charge in [-0.25, -0.2) is 5.43 Å². The van der Waals surface area contributed by atoms with Crippen LogP contribution in [0.1, 0.15) is 34.6 Å². The van der Waals surface area contributed by atoms with Gasteiger partial charge in [0.25, 0.3) is 0 Å². The molecule has 54 heavy (non-hydrogen) atoms. The average molecular weight is 777 g/mol. The topological polar surface area (TPSA) is 309 Å². The molecule has 23 heteroatoms. The van der Waals surface area contributed by atoms with E-state index in [-0.39, 0.29) is 24.2 Å². The average Bonchev–Trinajstić information content (AvgIpc) is 3.12. The Labute approximate surface area is 309 Å². The van der Waals surface area contributed by atoms with Gasteiger partial charge in [0.15, 0.2) is 25.2 Å². The quantitative estimate of drug-likeness (QED) is 0.0143. The van der Waals surface area contributed by atoms with Crippen LogP contribution in [-0.4, -0.2) is 165 Å². The minimum atomic E-state index is -1.79. The fraction of sp³-hybridized carbons (Fsp3) is 0.710. The molecule has 0 saturated carbocycles. The Hall–Kier alpha value is -4.17. The molecule has 3 fully saturated rings. The molecule has 0 aromatic heterocycles. The van der Waals surface area contributed by atoms with Crippen molar-refractivity contribution in [3.05, 3.63) is 11.5 Å². The molecule has 3 aliphatic rings. The first kappa shape index (κ1) is 44.2. The summed E-state index contributed by atoms with van der Waals surface area (Å²) in [6, 6.07) is -3.18. The molecule has 3 heterocycles. The summed E-state index contributed by atoms with van der Waals surface area (Å²) >= 11 is 0. The third-order valence-electron chi connectivity index (χ3n) is 8.79. The van der Waals surface area contributed by atoms with E-state index in [1.807, 2.05) is 0 Å². The predicted octanol–water partition coefficient (Wildman–Crippen LogP) is -4.91. The van der Waals surface area contributed by atoms with Gasteiger partial charge in [0.2, 0.25) is 37.8 Å². The van der Waals surface area contributed by atoms with Crippen molar-refractivity contribution < 1.29 is 82.0 Å². The summed E-state index contributed by atoms with van der Waals surface area (Å²) in [6.45, 7) is 7.06. The number of aldehydes is 1. The van der Waals surface area contributed by atoms with Crippen LogP contribution in [0.3, 0.4) is 0 Å². The number of nitrogens with zero attached hydrogens (tertiary/aromatic N) is 1. The van der Waals surface area contributed by atoms with Crippen LogP contribution in [0.4, 0.5) is 0 Å². The molecular weight excluding hydrogens is 728 g/mol. The van der Waals surface area contributed by atoms with E-state index in [0.29, 0.717) is 19.2 Å². The fourth-order valence-corrected chi connectivity index (χ4v) is 6.11. The number of ether oxygens (including phenoxy) is 8. The zero-order chi connectivity index (χ0) is 40.1. The Balaban J connectivity index is 2.01. The third kappa shape index (κ3) is 11.0. The van der Waals surface area contributed by atoms with E-state index in [0.717, 1.165) is 13.1 Å². The zero-order valence-corrected chi connectivity index (χ0v) is 30.2. The number of carbonyl (C=O) groups is 6. The molecule has 16 atom stereocenters. The van der Waals surface area contributed by atoms with Gasteiger partial charge < -0.3 is 74.5 Å². The van der Waals surface area contributed by atoms with Crippen molar-refractivity contribution in [1.82, 2.24) is 26.7 Å². The summed E-state index contributed by atoms with van der Waals surface area (Å²) in [5.41, 5.74) is 1.83. The van der Waals surface area contributed by atoms with Crippen molar-refractivity contribution in [2.24, 2.45) is 5.10 Å². The maximum atomic E-state index is 11.7. The molecule has 0 radical (unpaired) electrons. The highest BCUT2D eigenvalue weighted by Gasteiger charge is 2.54. The van der Waals surface area contributed by atoms with Crippen molar-refractivity contribution in [3.63, 3.8) is 0 Å². The number of aliphatic hydroxyl groups excluding tert-OH is 3. The van der Waals surface area contributed by atoms with E-state index in [1.165, 1.54) is 27.9 Å². The molecule has 304 valence electrons. The highest BCUT2D eigenvalue weighted by Crippen LogP contribution is 2.33. The molecule has 3 aliphatic heterocycles. The number of aliphatic hydroxyl groups is 3. The minimum absolute atomic E-state index is 0.192. The van der Waals surface area contributed by atoms with Crippen molar-refractivity contribution >= 4 is 44.0 Å². The molecule has 0 bridgehead atoms. The second-order valence-electron chi connectivity index (χ2n) is 12.4. The largest absolute Gasteiger partial charge is 0.462 e. The Morgan fingerprint density at radius 2 is 1.22 bits per heavy atom. The number of carbonyl (C=O) groups excluding carboxylic acids is 6. The summed E-state index contributed by atoms with van der Waals surface area (Å²) in [5.74, 6) is -0.773. The highest BCUT2D eigenvalue weighted by molar-refractivity contribution is 5.77. The molecular formula is C31H48N6O17. The summed E-state index contributed by atoms with van der Waals surface area (Å²) in [7, 11) is 1.29. The minimum Gasteiger partial charge on any atom is -0.462 e. The fourth-order valence-electron chi connectivity index (χ4n) is 6.11. The number of hydrogen-bond acceptors (Lipinski definition) is 18. The van der Waals surface area contributed by atoms with Crippen LogP contribution in [0.5, 0.6) is 0 Å². The highest BCUT2D eigenvalue weighted by atomic mass is 16.8. The summed E-state index contributed by atoms with van der Waals surface area (Å²) < 4.78 is 47.0. The third-order valence-corrected chi connectivity index (χ3v) is 8.79. The number of hydrogen-bond donors (Lipinski definition) is 8. The lowest BCUT2D eigenvalue weighted by Gasteiger charge is -2.49. The maximum Gasteiger partial charge on any atom is 0.238 e. The van der Waals surface area contributed by atoms with Crippen LogP contribution < -0.4 is 26.7 Å². The number of nitrogens with one attached hydrogen (secondary N) is 5. The SMILES string of the molecule is CO[C@H]1OC(C)[C@@H](NC=O)C(O)C1O[C@H]1OC(C)[C@@H](NC=O)[C@H](O[C@H]2OC(C)[C@@H](NC=O)C(O)C2O[C@H](/C=N/NC(C)=O)OC(C)=C(C=O)NC=O)C1O. The smallest absolute Gasteiger partial charge is 0.238 e. The predicted molar refractivity (Wildman–Crippen MR) is 177 cm³/mol. The van der Waals surface area contributed by atoms with Crippen LogP contribution in [0, 0.1) is 0 Å². The molecule has 3 saturated heterocycles. The molecule has 8 unspecified atom stereocenters. The Kier molecular flexibility index (Phi) is 17.2. The number of hydrazone groups is 1. The molecule has 0 spiro atoms. The molecule has 23 nitrogen and oxygen atoms in total. The first-order valence-corrected chi connectivity index (χ1v) is 16.7. The second kappa shape index (κ2) is 21.1. The molecule has 8 N–H and O–H groups in total. The molecule has 3 rings (SSSR count). The Morgan fingerprint density at radius 1 is 0.704 bits per heavy atom. The lowest BCUT2D eigenvalue weighted by molar-refractivity contribution is -0.365. The van der Waals surface area contributed by atoms with Gasteiger partial charge in [-0.15, -0.1) is 0 Å². The lowest BCUT2D eigenvalue weighted by atomic mass is 9.94. The standard InChI is InChI=1S/C31H48N6O17/c1-13(18(8-38)32-9-39)48-19(7-36-37-17(5)43)52-28-24(45)21(34-11-41)15(3)51-31(28)53-26-22(35-12-42)16(4)49-29(25(26)46)54-27-23(44)20(33-10-40)14(2)50-30(27)47-6/h7-12,14-16,19-31,44-46H,1-6H3,(H,32,39)(H,33,40)(H,34,41)(H,35,42)(H,37,43)/b18-13?,36-7+/t14?,15?,16?,19-,20-,21-,22-,23?,24?,25?,26+,27?,28?,29-,30+,31-/m1/s1. The maximum absolute atomic E-state index is 11.7. The second-order valence-corrected chi connectivity index (χ2v) is 12.4. The van der Waals surface area contributed by atoms with Gasteiger partial charge in [-0.2, -0.15) is 5.10 Å². The number of amides is 5. The van der Waals surface area contributed by atoms with Crippen LogP contribution >= 0.6 is 0 Å². The first-order valence-electron chi connectivity index (χ1n) is 16.7. The van der Waals surface area contributed by atoms with Crippen molar-refractivity contribution in [3.8, 4) is 0 Å². The van der Waals surface area contributed by atoms with Gasteiger partial charge in [-0.3, -0.25) is 28.8 Å². The summed E-state index contributed by atoms with van der Waals surface area (Å²) in [6.07, 6.45) is -15.6. The van der Waals surface area contributed by atoms with Crippen LogP contribution in [0.2, 0.25) is 0 Å². The van der Waals surface area contributed by atoms with E-state index in [2.05, 4.69) is 31.8 Å². The van der Waals surface area contributed by atoms with E-state index in [4.69, 9.17) is 37.9 Å². The van der Waals surface area contributed by atoms with Gasteiger partial charge in [-0.05, 0) is 27.7 Å². The lowest BCUT2D eigenvalue weighted by Crippen LogP contribution is -2.69. The van der Waals surface area contributed by atoms with Crippen molar-refractivity contribution in [2.75, 3.05) is 7.11 Å². The number of rotatable bonds is 20. The van der Waals surface area contributed by atoms with Crippen molar-refractivity contribution in [1.29, 1.82) is 0 Å². The summed E-state index contributed by atoms with van der Waals surface area (Å²) in [4.78, 5) is 68.5. The molecule has 0 aromatic rings. The van der Waals surface area contributed by atoms with E-state index < -0.39 is 104 Å². The van der Waals surface area contributed by atoms with E-state index in [1.54, 1.807) is 6.92 Å². The normalized spacial score (nSPS) is 37.8. The van der Waals surface area contributed by atoms with Crippen molar-refractivity contribution in [2.45, 2.75) is 133 Å². The van der Waals surface area contributed by atoms with Crippen LogP contribution in [-0.2, 0) is 66.7 Å².